The van der Waals surface area contributed by atoms with E-state index >= 15 is 0 Å². The van der Waals surface area contributed by atoms with E-state index in [2.05, 4.69) is 30.3 Å². The smallest absolute Gasteiger partial charge is 0.0627 e. The molecule has 16 heavy (non-hydrogen) atoms. The van der Waals surface area contributed by atoms with Crippen LogP contribution in [0, 0.1) is 11.8 Å². The average Bonchev–Trinajstić information content (AvgIpc) is 2.80. The van der Waals surface area contributed by atoms with Gasteiger partial charge in [-0.25, -0.2) is 0 Å². The van der Waals surface area contributed by atoms with Crippen molar-refractivity contribution in [1.82, 2.24) is 15.1 Å². The van der Waals surface area contributed by atoms with Gasteiger partial charge in [-0.15, -0.1) is 0 Å². The number of rotatable bonds is 4. The third-order valence-corrected chi connectivity index (χ3v) is 3.93. The summed E-state index contributed by atoms with van der Waals surface area (Å²) in [5, 5.41) is 8.07. The molecule has 0 amide bonds. The van der Waals surface area contributed by atoms with Gasteiger partial charge in [0.2, 0.25) is 0 Å². The quantitative estimate of drug-likeness (QED) is 0.842. The van der Waals surface area contributed by atoms with Gasteiger partial charge in [-0.3, -0.25) is 4.68 Å². The monoisotopic (exact) mass is 221 g/mol. The maximum Gasteiger partial charge on any atom is 0.0627 e. The van der Waals surface area contributed by atoms with Gasteiger partial charge < -0.3 is 5.32 Å². The first kappa shape index (κ1) is 11.6. The molecule has 3 atom stereocenters. The third kappa shape index (κ3) is 2.46. The molecule has 0 aromatic carbocycles. The molecule has 1 N–H and O–H groups in total. The van der Waals surface area contributed by atoms with Crippen LogP contribution in [0.15, 0.2) is 12.3 Å². The summed E-state index contributed by atoms with van der Waals surface area (Å²) in [6, 6.07) is 2.87. The molecule has 0 aliphatic heterocycles. The highest BCUT2D eigenvalue weighted by atomic mass is 15.2. The maximum atomic E-state index is 4.48. The second-order valence-corrected chi connectivity index (χ2v) is 5.05. The second-order valence-electron chi connectivity index (χ2n) is 5.05. The van der Waals surface area contributed by atoms with Crippen molar-refractivity contribution >= 4 is 0 Å². The molecular weight excluding hydrogens is 198 g/mol. The topological polar surface area (TPSA) is 29.9 Å². The van der Waals surface area contributed by atoms with Gasteiger partial charge in [-0.05, 0) is 43.7 Å². The Hall–Kier alpha value is -0.830. The number of hydrogen-bond donors (Lipinski definition) is 1. The Morgan fingerprint density at radius 2 is 2.31 bits per heavy atom. The van der Waals surface area contributed by atoms with Crippen LogP contribution in [0.25, 0.3) is 0 Å². The van der Waals surface area contributed by atoms with Crippen LogP contribution in [0.1, 0.15) is 32.4 Å². The number of aryl methyl sites for hydroxylation is 1. The van der Waals surface area contributed by atoms with E-state index in [1.165, 1.54) is 18.5 Å². The third-order valence-electron chi connectivity index (χ3n) is 3.93. The molecular formula is C13H23N3. The fourth-order valence-corrected chi connectivity index (χ4v) is 2.93. The van der Waals surface area contributed by atoms with E-state index in [1.807, 2.05) is 17.9 Å². The minimum Gasteiger partial charge on any atom is -0.314 e. The Morgan fingerprint density at radius 1 is 1.50 bits per heavy atom. The summed E-state index contributed by atoms with van der Waals surface area (Å²) in [4.78, 5) is 0. The summed E-state index contributed by atoms with van der Waals surface area (Å²) in [6.45, 7) is 5.66. The lowest BCUT2D eigenvalue weighted by atomic mass is 9.91. The van der Waals surface area contributed by atoms with E-state index in [1.54, 1.807) is 0 Å². The molecule has 0 bridgehead atoms. The van der Waals surface area contributed by atoms with Gasteiger partial charge in [0, 0.05) is 19.3 Å². The zero-order valence-corrected chi connectivity index (χ0v) is 10.6. The highest BCUT2D eigenvalue weighted by molar-refractivity contribution is 5.02. The van der Waals surface area contributed by atoms with Gasteiger partial charge in [0.05, 0.1) is 5.69 Å². The molecule has 3 heteroatoms. The largest absolute Gasteiger partial charge is 0.314 e. The van der Waals surface area contributed by atoms with Crippen LogP contribution < -0.4 is 5.32 Å². The Bertz CT molecular complexity index is 332. The van der Waals surface area contributed by atoms with Crippen LogP contribution >= 0.6 is 0 Å². The van der Waals surface area contributed by atoms with Gasteiger partial charge in [-0.2, -0.15) is 5.10 Å². The van der Waals surface area contributed by atoms with Gasteiger partial charge in [0.1, 0.15) is 0 Å². The molecule has 0 spiro atoms. The highest BCUT2D eigenvalue weighted by Crippen LogP contribution is 2.33. The summed E-state index contributed by atoms with van der Waals surface area (Å²) in [5.74, 6) is 1.58. The SMILES string of the molecule is CCNC1CCC(Cc2ccn(C)n2)C1C. The maximum absolute atomic E-state index is 4.48. The zero-order chi connectivity index (χ0) is 11.5. The molecule has 0 saturated heterocycles. The Morgan fingerprint density at radius 3 is 2.94 bits per heavy atom. The lowest BCUT2D eigenvalue weighted by Gasteiger charge is -2.20. The average molecular weight is 221 g/mol. The second kappa shape index (κ2) is 5.00. The van der Waals surface area contributed by atoms with Gasteiger partial charge in [0.15, 0.2) is 0 Å². The van der Waals surface area contributed by atoms with E-state index in [-0.39, 0.29) is 0 Å². The van der Waals surface area contributed by atoms with Crippen LogP contribution in [0.3, 0.4) is 0 Å². The van der Waals surface area contributed by atoms with Crippen LogP contribution in [0.2, 0.25) is 0 Å². The standard InChI is InChI=1S/C13H23N3/c1-4-14-13-6-5-11(10(13)2)9-12-7-8-16(3)15-12/h7-8,10-11,13-14H,4-6,9H2,1-3H3. The molecule has 3 unspecified atom stereocenters. The first-order chi connectivity index (χ1) is 7.70. The number of hydrogen-bond acceptors (Lipinski definition) is 2. The van der Waals surface area contributed by atoms with E-state index in [4.69, 9.17) is 0 Å². The Labute approximate surface area is 98.2 Å². The normalized spacial score (nSPS) is 29.8. The molecule has 1 aromatic heterocycles. The summed E-state index contributed by atoms with van der Waals surface area (Å²) in [6.07, 6.45) is 5.85. The van der Waals surface area contributed by atoms with Crippen LogP contribution in [0.4, 0.5) is 0 Å². The summed E-state index contributed by atoms with van der Waals surface area (Å²) < 4.78 is 1.90. The van der Waals surface area contributed by atoms with Crippen molar-refractivity contribution < 1.29 is 0 Å². The van der Waals surface area contributed by atoms with Gasteiger partial charge in [0.25, 0.3) is 0 Å². The summed E-state index contributed by atoms with van der Waals surface area (Å²) in [5.41, 5.74) is 1.25. The van der Waals surface area contributed by atoms with Gasteiger partial charge in [-0.1, -0.05) is 13.8 Å². The van der Waals surface area contributed by atoms with Crippen molar-refractivity contribution in [1.29, 1.82) is 0 Å². The number of nitrogens with one attached hydrogen (secondary N) is 1. The molecule has 1 fully saturated rings. The van der Waals surface area contributed by atoms with E-state index < -0.39 is 0 Å². The van der Waals surface area contributed by atoms with Crippen molar-refractivity contribution in [2.45, 2.75) is 39.2 Å². The fraction of sp³-hybridized carbons (Fsp3) is 0.769. The molecule has 1 aliphatic rings. The van der Waals surface area contributed by atoms with Crippen LogP contribution in [-0.2, 0) is 13.5 Å². The van der Waals surface area contributed by atoms with E-state index in [0.29, 0.717) is 0 Å². The van der Waals surface area contributed by atoms with Crippen molar-refractivity contribution in [2.75, 3.05) is 6.54 Å². The molecule has 1 aromatic rings. The first-order valence-electron chi connectivity index (χ1n) is 6.42. The zero-order valence-electron chi connectivity index (χ0n) is 10.6. The van der Waals surface area contributed by atoms with Crippen molar-refractivity contribution in [3.05, 3.63) is 18.0 Å². The molecule has 2 rings (SSSR count). The first-order valence-corrected chi connectivity index (χ1v) is 6.42. The molecule has 1 saturated carbocycles. The minimum absolute atomic E-state index is 0.721. The van der Waals surface area contributed by atoms with E-state index in [9.17, 15) is 0 Å². The summed E-state index contributed by atoms with van der Waals surface area (Å²) >= 11 is 0. The molecule has 1 heterocycles. The van der Waals surface area contributed by atoms with E-state index in [0.717, 1.165) is 30.8 Å². The van der Waals surface area contributed by atoms with Crippen molar-refractivity contribution in [3.63, 3.8) is 0 Å². The van der Waals surface area contributed by atoms with Crippen LogP contribution in [-0.4, -0.2) is 22.4 Å². The molecule has 1 aliphatic carbocycles. The van der Waals surface area contributed by atoms with Gasteiger partial charge >= 0.3 is 0 Å². The molecule has 3 nitrogen and oxygen atoms in total. The van der Waals surface area contributed by atoms with Crippen LogP contribution in [0.5, 0.6) is 0 Å². The summed E-state index contributed by atoms with van der Waals surface area (Å²) in [7, 11) is 1.99. The number of aromatic nitrogens is 2. The van der Waals surface area contributed by atoms with Crippen molar-refractivity contribution in [3.8, 4) is 0 Å². The minimum atomic E-state index is 0.721. The predicted molar refractivity (Wildman–Crippen MR) is 66.3 cm³/mol. The Balaban J connectivity index is 1.92. The van der Waals surface area contributed by atoms with Crippen molar-refractivity contribution in [2.24, 2.45) is 18.9 Å². The molecule has 90 valence electrons. The molecule has 0 radical (unpaired) electrons. The Kier molecular flexibility index (Phi) is 3.64. The fourth-order valence-electron chi connectivity index (χ4n) is 2.93. The predicted octanol–water partition coefficient (Wildman–Crippen LogP) is 1.99. The lowest BCUT2D eigenvalue weighted by Crippen LogP contribution is -2.32. The number of nitrogens with zero attached hydrogens (tertiary/aromatic N) is 2. The highest BCUT2D eigenvalue weighted by Gasteiger charge is 2.32. The lowest BCUT2D eigenvalue weighted by molar-refractivity contribution is 0.352.